The highest BCUT2D eigenvalue weighted by atomic mass is 32.2. The number of rotatable bonds is 5. The van der Waals surface area contributed by atoms with Gasteiger partial charge in [0.2, 0.25) is 25.0 Å². The lowest BCUT2D eigenvalue weighted by Crippen LogP contribution is -2.16. The third kappa shape index (κ3) is 4.06. The highest BCUT2D eigenvalue weighted by Crippen LogP contribution is 2.31. The van der Waals surface area contributed by atoms with Crippen LogP contribution >= 0.6 is 0 Å². The second-order valence-corrected chi connectivity index (χ2v) is 9.89. The van der Waals surface area contributed by atoms with E-state index >= 15 is 0 Å². The van der Waals surface area contributed by atoms with Gasteiger partial charge in [0.15, 0.2) is 0 Å². The number of fused-ring (bicyclic) bond motifs is 1. The average molecular weight is 457 g/mol. The van der Waals surface area contributed by atoms with Crippen LogP contribution in [0.1, 0.15) is 10.4 Å². The van der Waals surface area contributed by atoms with Crippen molar-refractivity contribution in [1.82, 2.24) is 4.98 Å². The van der Waals surface area contributed by atoms with Crippen molar-refractivity contribution in [2.24, 2.45) is 5.14 Å². The second-order valence-electron chi connectivity index (χ2n) is 6.51. The zero-order valence-electron chi connectivity index (χ0n) is 15.7. The molecule has 158 valence electrons. The molecule has 4 aromatic rings. The smallest absolute Gasteiger partial charge is 0.255 e. The van der Waals surface area contributed by atoms with Crippen LogP contribution in [0.15, 0.2) is 92.4 Å². The Bertz CT molecular complexity index is 1510. The van der Waals surface area contributed by atoms with E-state index < -0.39 is 40.7 Å². The van der Waals surface area contributed by atoms with Crippen LogP contribution in [0.25, 0.3) is 11.0 Å². The molecule has 0 saturated heterocycles. The number of primary sulfonamides is 1. The number of sulfone groups is 1. The molecule has 0 aliphatic rings. The van der Waals surface area contributed by atoms with E-state index in [0.717, 1.165) is 12.1 Å². The number of hydrogen-bond acceptors (Lipinski definition) is 7. The monoisotopic (exact) mass is 457 g/mol. The number of nitrogens with zero attached hydrogens (tertiary/aromatic N) is 1. The topological polar surface area (TPSA) is 149 Å². The van der Waals surface area contributed by atoms with E-state index in [2.05, 4.69) is 10.3 Å². The Balaban J connectivity index is 1.73. The van der Waals surface area contributed by atoms with Crippen LogP contribution in [0, 0.1) is 0 Å². The highest BCUT2D eigenvalue weighted by Gasteiger charge is 2.29. The van der Waals surface area contributed by atoms with Crippen LogP contribution in [0.3, 0.4) is 0 Å². The first-order valence-corrected chi connectivity index (χ1v) is 11.8. The SMILES string of the molecule is NS(=O)(=O)c1ccccc1S(=O)(=O)c1cc2cc(C(=O)Nc3cccnc3)ccc2o1. The molecule has 0 saturated carbocycles. The molecule has 2 aromatic carbocycles. The first kappa shape index (κ1) is 20.7. The minimum absolute atomic E-state index is 0.213. The maximum absolute atomic E-state index is 13.0. The van der Waals surface area contributed by atoms with E-state index in [1.807, 2.05) is 0 Å². The number of carbonyl (C=O) groups excluding carboxylic acids is 1. The maximum atomic E-state index is 13.0. The quantitative estimate of drug-likeness (QED) is 0.467. The van der Waals surface area contributed by atoms with E-state index in [0.29, 0.717) is 11.1 Å². The lowest BCUT2D eigenvalue weighted by Gasteiger charge is -2.06. The molecular formula is C20H15N3O6S2. The Morgan fingerprint density at radius 2 is 1.68 bits per heavy atom. The molecule has 0 radical (unpaired) electrons. The maximum Gasteiger partial charge on any atom is 0.255 e. The van der Waals surface area contributed by atoms with Gasteiger partial charge in [-0.1, -0.05) is 12.1 Å². The molecule has 9 nitrogen and oxygen atoms in total. The summed E-state index contributed by atoms with van der Waals surface area (Å²) in [5.41, 5.74) is 0.985. The Kier molecular flexibility index (Phi) is 5.09. The molecule has 2 heterocycles. The van der Waals surface area contributed by atoms with Gasteiger partial charge in [-0.3, -0.25) is 9.78 Å². The van der Waals surface area contributed by atoms with Crippen LogP contribution in [0.4, 0.5) is 5.69 Å². The highest BCUT2D eigenvalue weighted by molar-refractivity contribution is 7.93. The predicted octanol–water partition coefficient (Wildman–Crippen LogP) is 2.56. The van der Waals surface area contributed by atoms with Crippen molar-refractivity contribution in [1.29, 1.82) is 0 Å². The summed E-state index contributed by atoms with van der Waals surface area (Å²) in [5, 5.41) is 7.71. The standard InChI is InChI=1S/C20H15N3O6S2/c21-31(27,28)18-6-2-1-5-17(18)30(25,26)19-11-14-10-13(7-8-16(14)29-19)20(24)23-15-4-3-9-22-12-15/h1-12H,(H,23,24)(H2,21,27,28). The van der Waals surface area contributed by atoms with Crippen molar-refractivity contribution < 1.29 is 26.0 Å². The Morgan fingerprint density at radius 3 is 2.35 bits per heavy atom. The van der Waals surface area contributed by atoms with Crippen molar-refractivity contribution in [3.8, 4) is 0 Å². The van der Waals surface area contributed by atoms with Crippen molar-refractivity contribution in [3.05, 3.63) is 78.6 Å². The minimum Gasteiger partial charge on any atom is -0.444 e. The van der Waals surface area contributed by atoms with Gasteiger partial charge in [-0.05, 0) is 42.5 Å². The molecule has 0 spiro atoms. The molecule has 0 bridgehead atoms. The van der Waals surface area contributed by atoms with Gasteiger partial charge in [0.05, 0.1) is 16.8 Å². The van der Waals surface area contributed by atoms with E-state index in [1.165, 1.54) is 42.6 Å². The Morgan fingerprint density at radius 1 is 0.935 bits per heavy atom. The number of aromatic nitrogens is 1. The van der Waals surface area contributed by atoms with Gasteiger partial charge in [-0.2, -0.15) is 0 Å². The van der Waals surface area contributed by atoms with Gasteiger partial charge in [0, 0.05) is 23.2 Å². The molecule has 1 amide bonds. The molecule has 0 unspecified atom stereocenters. The molecular weight excluding hydrogens is 442 g/mol. The van der Waals surface area contributed by atoms with Gasteiger partial charge < -0.3 is 9.73 Å². The fourth-order valence-electron chi connectivity index (χ4n) is 2.95. The van der Waals surface area contributed by atoms with Crippen LogP contribution in [0.2, 0.25) is 0 Å². The number of sulfonamides is 1. The second kappa shape index (κ2) is 7.61. The largest absolute Gasteiger partial charge is 0.444 e. The van der Waals surface area contributed by atoms with Crippen LogP contribution < -0.4 is 10.5 Å². The summed E-state index contributed by atoms with van der Waals surface area (Å²) in [7, 11) is -8.61. The van der Waals surface area contributed by atoms with Crippen LogP contribution in [-0.2, 0) is 19.9 Å². The zero-order chi connectivity index (χ0) is 22.2. The third-order valence-corrected chi connectivity index (χ3v) is 7.15. The number of anilines is 1. The fourth-order valence-corrected chi connectivity index (χ4v) is 5.53. The lowest BCUT2D eigenvalue weighted by atomic mass is 10.1. The Hall–Kier alpha value is -3.54. The Labute approximate surface area is 177 Å². The number of amides is 1. The van der Waals surface area contributed by atoms with Gasteiger partial charge >= 0.3 is 0 Å². The number of carbonyl (C=O) groups is 1. The minimum atomic E-state index is -4.33. The van der Waals surface area contributed by atoms with Gasteiger partial charge in [0.25, 0.3) is 5.91 Å². The van der Waals surface area contributed by atoms with Crippen molar-refractivity contribution in [2.75, 3.05) is 5.32 Å². The fraction of sp³-hybridized carbons (Fsp3) is 0. The number of benzene rings is 2. The summed E-state index contributed by atoms with van der Waals surface area (Å²) >= 11 is 0. The molecule has 2 aromatic heterocycles. The first-order chi connectivity index (χ1) is 14.7. The van der Waals surface area contributed by atoms with E-state index in [9.17, 15) is 21.6 Å². The lowest BCUT2D eigenvalue weighted by molar-refractivity contribution is 0.102. The van der Waals surface area contributed by atoms with Gasteiger partial charge in [-0.15, -0.1) is 0 Å². The molecule has 0 aliphatic carbocycles. The molecule has 0 fully saturated rings. The number of hydrogen-bond donors (Lipinski definition) is 2. The van der Waals surface area contributed by atoms with E-state index in [-0.39, 0.29) is 11.1 Å². The molecule has 3 N–H and O–H groups in total. The number of furan rings is 1. The third-order valence-electron chi connectivity index (χ3n) is 4.39. The molecule has 31 heavy (non-hydrogen) atoms. The summed E-state index contributed by atoms with van der Waals surface area (Å²) in [6, 6.07) is 14.0. The summed E-state index contributed by atoms with van der Waals surface area (Å²) in [4.78, 5) is 15.4. The summed E-state index contributed by atoms with van der Waals surface area (Å²) in [5.74, 6) is -0.417. The molecule has 4 rings (SSSR count). The number of nitrogens with one attached hydrogen (secondary N) is 1. The van der Waals surface area contributed by atoms with Crippen molar-refractivity contribution >= 4 is 42.4 Å². The zero-order valence-corrected chi connectivity index (χ0v) is 17.4. The molecule has 0 aliphatic heterocycles. The number of pyridine rings is 1. The average Bonchev–Trinajstić information content (AvgIpc) is 3.18. The molecule has 0 atom stereocenters. The van der Waals surface area contributed by atoms with Crippen LogP contribution in [-0.4, -0.2) is 27.7 Å². The molecule has 11 heteroatoms. The van der Waals surface area contributed by atoms with Gasteiger partial charge in [-0.25, -0.2) is 22.0 Å². The normalized spacial score (nSPS) is 12.0. The first-order valence-electron chi connectivity index (χ1n) is 8.78. The van der Waals surface area contributed by atoms with Gasteiger partial charge in [0.1, 0.15) is 10.5 Å². The van der Waals surface area contributed by atoms with Crippen molar-refractivity contribution in [2.45, 2.75) is 14.9 Å². The van der Waals surface area contributed by atoms with E-state index in [1.54, 1.807) is 18.3 Å². The van der Waals surface area contributed by atoms with Crippen molar-refractivity contribution in [3.63, 3.8) is 0 Å². The summed E-state index contributed by atoms with van der Waals surface area (Å²) in [6.07, 6.45) is 3.06. The summed E-state index contributed by atoms with van der Waals surface area (Å²) in [6.45, 7) is 0. The number of nitrogens with two attached hydrogens (primary N) is 1. The van der Waals surface area contributed by atoms with E-state index in [4.69, 9.17) is 9.56 Å². The van der Waals surface area contributed by atoms with Crippen LogP contribution in [0.5, 0.6) is 0 Å². The summed E-state index contributed by atoms with van der Waals surface area (Å²) < 4.78 is 55.1. The predicted molar refractivity (Wildman–Crippen MR) is 112 cm³/mol.